The van der Waals surface area contributed by atoms with Crippen LogP contribution in [0.2, 0.25) is 0 Å². The molecule has 4 heteroatoms. The van der Waals surface area contributed by atoms with Crippen molar-refractivity contribution >= 4 is 5.69 Å². The molecule has 1 aliphatic heterocycles. The molecule has 1 unspecified atom stereocenters. The summed E-state index contributed by atoms with van der Waals surface area (Å²) in [7, 11) is 0. The number of pyridine rings is 1. The zero-order valence-electron chi connectivity index (χ0n) is 12.4. The quantitative estimate of drug-likeness (QED) is 0.903. The van der Waals surface area contributed by atoms with E-state index in [0.717, 1.165) is 26.2 Å². The van der Waals surface area contributed by atoms with Crippen LogP contribution in [0.1, 0.15) is 33.3 Å². The normalized spacial score (nSPS) is 22.5. The van der Waals surface area contributed by atoms with Gasteiger partial charge in [0, 0.05) is 25.8 Å². The van der Waals surface area contributed by atoms with E-state index in [1.807, 2.05) is 12.4 Å². The van der Waals surface area contributed by atoms with Crippen molar-refractivity contribution in [3.05, 3.63) is 24.0 Å². The predicted octanol–water partition coefficient (Wildman–Crippen LogP) is 2.19. The van der Waals surface area contributed by atoms with Gasteiger partial charge in [-0.05, 0) is 38.9 Å². The van der Waals surface area contributed by atoms with E-state index < -0.39 is 0 Å². The largest absolute Gasteiger partial charge is 0.369 e. The highest BCUT2D eigenvalue weighted by molar-refractivity contribution is 5.52. The lowest BCUT2D eigenvalue weighted by Gasteiger charge is -2.43. The van der Waals surface area contributed by atoms with Crippen molar-refractivity contribution in [2.24, 2.45) is 0 Å². The molecule has 1 saturated heterocycles. The molecule has 1 fully saturated rings. The molecule has 0 saturated carbocycles. The molecule has 0 aromatic carbocycles. The summed E-state index contributed by atoms with van der Waals surface area (Å²) in [5.41, 5.74) is 2.43. The number of nitrogens with one attached hydrogen (secondary N) is 1. The van der Waals surface area contributed by atoms with Gasteiger partial charge in [-0.15, -0.1) is 0 Å². The molecule has 1 aliphatic rings. The number of rotatable bonds is 4. The molecule has 0 aliphatic carbocycles. The first-order valence-electron chi connectivity index (χ1n) is 7.08. The average Bonchev–Trinajstić information content (AvgIpc) is 2.34. The zero-order valence-corrected chi connectivity index (χ0v) is 12.4. The van der Waals surface area contributed by atoms with Gasteiger partial charge < -0.3 is 15.0 Å². The highest BCUT2D eigenvalue weighted by Gasteiger charge is 2.32. The fourth-order valence-electron chi connectivity index (χ4n) is 2.75. The molecule has 2 heterocycles. The second-order valence-corrected chi connectivity index (χ2v) is 5.85. The Morgan fingerprint density at radius 1 is 1.53 bits per heavy atom. The van der Waals surface area contributed by atoms with Crippen molar-refractivity contribution in [3.8, 4) is 0 Å². The van der Waals surface area contributed by atoms with Gasteiger partial charge in [0.25, 0.3) is 0 Å². The van der Waals surface area contributed by atoms with Gasteiger partial charge in [-0.25, -0.2) is 0 Å². The fraction of sp³-hybridized carbons (Fsp3) is 0.667. The van der Waals surface area contributed by atoms with Crippen molar-refractivity contribution in [1.29, 1.82) is 0 Å². The van der Waals surface area contributed by atoms with Crippen LogP contribution in [0, 0.1) is 0 Å². The number of hydrogen-bond acceptors (Lipinski definition) is 4. The summed E-state index contributed by atoms with van der Waals surface area (Å²) in [4.78, 5) is 6.69. The Morgan fingerprint density at radius 3 is 3.00 bits per heavy atom. The molecular weight excluding hydrogens is 238 g/mol. The second kappa shape index (κ2) is 5.88. The van der Waals surface area contributed by atoms with E-state index in [1.165, 1.54) is 11.3 Å². The Labute approximate surface area is 116 Å². The molecule has 2 rings (SSSR count). The highest BCUT2D eigenvalue weighted by atomic mass is 16.5. The van der Waals surface area contributed by atoms with Crippen LogP contribution in [0.15, 0.2) is 18.5 Å². The van der Waals surface area contributed by atoms with Crippen molar-refractivity contribution in [2.75, 3.05) is 24.5 Å². The average molecular weight is 263 g/mol. The molecule has 19 heavy (non-hydrogen) atoms. The van der Waals surface area contributed by atoms with Gasteiger partial charge in [0.1, 0.15) is 0 Å². The summed E-state index contributed by atoms with van der Waals surface area (Å²) in [5, 5.41) is 3.39. The van der Waals surface area contributed by atoms with Crippen LogP contribution in [-0.2, 0) is 11.3 Å². The van der Waals surface area contributed by atoms with E-state index in [2.05, 4.69) is 49.0 Å². The number of aromatic nitrogens is 1. The molecule has 0 spiro atoms. The first-order chi connectivity index (χ1) is 9.02. The van der Waals surface area contributed by atoms with Crippen LogP contribution in [0.25, 0.3) is 0 Å². The lowest BCUT2D eigenvalue weighted by molar-refractivity contribution is -0.0750. The van der Waals surface area contributed by atoms with Gasteiger partial charge in [-0.2, -0.15) is 0 Å². The lowest BCUT2D eigenvalue weighted by Crippen LogP contribution is -2.52. The summed E-state index contributed by atoms with van der Waals surface area (Å²) >= 11 is 0. The summed E-state index contributed by atoms with van der Waals surface area (Å²) in [6.45, 7) is 12.3. The predicted molar refractivity (Wildman–Crippen MR) is 78.5 cm³/mol. The fourth-order valence-corrected chi connectivity index (χ4v) is 2.75. The van der Waals surface area contributed by atoms with Crippen molar-refractivity contribution < 1.29 is 4.74 Å². The number of ether oxygens (including phenoxy) is 1. The minimum Gasteiger partial charge on any atom is -0.369 e. The molecule has 106 valence electrons. The molecule has 4 nitrogen and oxygen atoms in total. The Kier molecular flexibility index (Phi) is 4.42. The molecule has 1 N–H and O–H groups in total. The summed E-state index contributed by atoms with van der Waals surface area (Å²) in [6.07, 6.45) is 4.09. The molecule has 1 atom stereocenters. The minimum atomic E-state index is -0.108. The van der Waals surface area contributed by atoms with Gasteiger partial charge >= 0.3 is 0 Å². The third-order valence-electron chi connectivity index (χ3n) is 3.36. The topological polar surface area (TPSA) is 37.4 Å². The van der Waals surface area contributed by atoms with Gasteiger partial charge in [-0.3, -0.25) is 4.98 Å². The minimum absolute atomic E-state index is 0.108. The second-order valence-electron chi connectivity index (χ2n) is 5.85. The third-order valence-corrected chi connectivity index (χ3v) is 3.36. The van der Waals surface area contributed by atoms with Crippen molar-refractivity contribution in [3.63, 3.8) is 0 Å². The van der Waals surface area contributed by atoms with Gasteiger partial charge in [0.2, 0.25) is 0 Å². The molecule has 0 radical (unpaired) electrons. The van der Waals surface area contributed by atoms with Gasteiger partial charge in [0.15, 0.2) is 0 Å². The zero-order chi connectivity index (χ0) is 13.9. The monoisotopic (exact) mass is 263 g/mol. The summed E-state index contributed by atoms with van der Waals surface area (Å²) in [5.74, 6) is 0. The Hall–Kier alpha value is -1.13. The van der Waals surface area contributed by atoms with Gasteiger partial charge in [-0.1, -0.05) is 6.92 Å². The van der Waals surface area contributed by atoms with E-state index in [-0.39, 0.29) is 11.7 Å². The van der Waals surface area contributed by atoms with Crippen LogP contribution in [0.5, 0.6) is 0 Å². The number of anilines is 1. The third kappa shape index (κ3) is 3.67. The maximum Gasteiger partial charge on any atom is 0.0805 e. The molecule has 1 aromatic rings. The smallest absolute Gasteiger partial charge is 0.0805 e. The van der Waals surface area contributed by atoms with Crippen molar-refractivity contribution in [2.45, 2.75) is 45.9 Å². The van der Waals surface area contributed by atoms with E-state index in [9.17, 15) is 0 Å². The lowest BCUT2D eigenvalue weighted by atomic mass is 10.0. The number of hydrogen-bond donors (Lipinski definition) is 1. The van der Waals surface area contributed by atoms with Crippen molar-refractivity contribution in [1.82, 2.24) is 10.3 Å². The van der Waals surface area contributed by atoms with E-state index in [4.69, 9.17) is 4.74 Å². The highest BCUT2D eigenvalue weighted by Crippen LogP contribution is 2.27. The standard InChI is InChI=1S/C15H25N3O/c1-5-16-8-13-6-7-17-9-14(13)18-10-12(2)19-15(3,4)11-18/h6-7,9,12,16H,5,8,10-11H2,1-4H3. The Morgan fingerprint density at radius 2 is 2.32 bits per heavy atom. The Bertz CT molecular complexity index is 420. The van der Waals surface area contributed by atoms with Crippen LogP contribution in [0.3, 0.4) is 0 Å². The van der Waals surface area contributed by atoms with E-state index >= 15 is 0 Å². The van der Waals surface area contributed by atoms with Crippen LogP contribution < -0.4 is 10.2 Å². The SMILES string of the molecule is CCNCc1ccncc1N1CC(C)OC(C)(C)C1. The maximum absolute atomic E-state index is 5.97. The summed E-state index contributed by atoms with van der Waals surface area (Å²) in [6, 6.07) is 2.10. The molecular formula is C15H25N3O. The molecule has 0 amide bonds. The van der Waals surface area contributed by atoms with Crippen LogP contribution in [0.4, 0.5) is 5.69 Å². The van der Waals surface area contributed by atoms with E-state index in [1.54, 1.807) is 0 Å². The number of nitrogens with zero attached hydrogens (tertiary/aromatic N) is 2. The number of morpholine rings is 1. The van der Waals surface area contributed by atoms with Gasteiger partial charge in [0.05, 0.1) is 23.6 Å². The molecule has 0 bridgehead atoms. The summed E-state index contributed by atoms with van der Waals surface area (Å²) < 4.78 is 5.97. The first kappa shape index (κ1) is 14.3. The first-order valence-corrected chi connectivity index (χ1v) is 7.08. The van der Waals surface area contributed by atoms with Crippen LogP contribution in [-0.4, -0.2) is 36.3 Å². The van der Waals surface area contributed by atoms with Crippen LogP contribution >= 0.6 is 0 Å². The molecule has 1 aromatic heterocycles. The Balaban J connectivity index is 2.20. The van der Waals surface area contributed by atoms with E-state index in [0.29, 0.717) is 0 Å². The maximum atomic E-state index is 5.97.